The summed E-state index contributed by atoms with van der Waals surface area (Å²) in [6.07, 6.45) is 2.66. The van der Waals surface area contributed by atoms with Crippen LogP contribution in [0.3, 0.4) is 0 Å². The fourth-order valence-corrected chi connectivity index (χ4v) is 7.36. The van der Waals surface area contributed by atoms with Gasteiger partial charge in [0.2, 0.25) is 0 Å². The van der Waals surface area contributed by atoms with Crippen molar-refractivity contribution in [1.82, 2.24) is 4.98 Å². The van der Waals surface area contributed by atoms with Crippen LogP contribution in [0.15, 0.2) is 82.7 Å². The summed E-state index contributed by atoms with van der Waals surface area (Å²) in [5, 5.41) is 13.4. The second-order valence-electron chi connectivity index (χ2n) is 9.97. The number of thiazole rings is 1. The molecule has 0 spiro atoms. The predicted octanol–water partition coefficient (Wildman–Crippen LogP) is 7.33. The van der Waals surface area contributed by atoms with Gasteiger partial charge in [-0.25, -0.2) is 18.2 Å². The van der Waals surface area contributed by atoms with Crippen molar-refractivity contribution in [2.45, 2.75) is 48.2 Å². The van der Waals surface area contributed by atoms with Gasteiger partial charge in [0.05, 0.1) is 22.1 Å². The van der Waals surface area contributed by atoms with E-state index in [9.17, 15) is 18.0 Å². The molecule has 226 valence electrons. The number of carboxylic acid groups (broad SMARTS) is 1. The first-order valence-corrected chi connectivity index (χ1v) is 17.3. The molecule has 4 rings (SSSR count). The molecule has 8 nitrogen and oxygen atoms in total. The zero-order chi connectivity index (χ0) is 31.0. The maximum Gasteiger partial charge on any atom is 0.341 e. The number of sulfone groups is 1. The largest absolute Gasteiger partial charge is 0.480 e. The summed E-state index contributed by atoms with van der Waals surface area (Å²) in [5.74, 6) is -0.304. The van der Waals surface area contributed by atoms with Gasteiger partial charge in [0.25, 0.3) is 5.91 Å². The van der Waals surface area contributed by atoms with Crippen molar-refractivity contribution in [2.75, 3.05) is 17.7 Å². The summed E-state index contributed by atoms with van der Waals surface area (Å²) in [7, 11) is -3.49. The van der Waals surface area contributed by atoms with Gasteiger partial charge in [-0.2, -0.15) is 0 Å². The number of amides is 1. The average molecular weight is 659 g/mol. The molecular formula is C31H31ClN2O6S3. The monoisotopic (exact) mass is 658 g/mol. The third-order valence-electron chi connectivity index (χ3n) is 6.29. The number of ether oxygens (including phenoxy) is 1. The van der Waals surface area contributed by atoms with E-state index in [1.165, 1.54) is 29.1 Å². The molecule has 0 bridgehead atoms. The minimum absolute atomic E-state index is 0.0716. The van der Waals surface area contributed by atoms with Crippen LogP contribution < -0.4 is 10.1 Å². The lowest BCUT2D eigenvalue weighted by molar-refractivity contribution is -0.139. The number of hydrogen-bond donors (Lipinski definition) is 2. The molecule has 1 amide bonds. The molecule has 2 N–H and O–H groups in total. The van der Waals surface area contributed by atoms with Gasteiger partial charge in [-0.05, 0) is 78.9 Å². The Morgan fingerprint density at radius 2 is 1.86 bits per heavy atom. The number of nitrogens with one attached hydrogen (secondary N) is 1. The van der Waals surface area contributed by atoms with E-state index in [4.69, 9.17) is 21.4 Å². The number of carboxylic acids is 1. The molecule has 0 aliphatic rings. The lowest BCUT2D eigenvalue weighted by atomic mass is 10.1. The molecule has 0 aliphatic heterocycles. The molecule has 0 fully saturated rings. The van der Waals surface area contributed by atoms with E-state index in [-0.39, 0.29) is 22.3 Å². The predicted molar refractivity (Wildman–Crippen MR) is 172 cm³/mol. The molecule has 1 aromatic heterocycles. The van der Waals surface area contributed by atoms with Crippen molar-refractivity contribution >= 4 is 62.1 Å². The first kappa shape index (κ1) is 32.5. The van der Waals surface area contributed by atoms with Gasteiger partial charge in [0.15, 0.2) is 16.4 Å². The molecule has 0 unspecified atom stereocenters. The number of carbonyl (C=O) groups excluding carboxylic acids is 1. The summed E-state index contributed by atoms with van der Waals surface area (Å²) in [5.41, 5.74) is 1.49. The fourth-order valence-electron chi connectivity index (χ4n) is 4.05. The minimum Gasteiger partial charge on any atom is -0.480 e. The van der Waals surface area contributed by atoms with Gasteiger partial charge in [-0.1, -0.05) is 37.6 Å². The first-order valence-electron chi connectivity index (χ1n) is 13.4. The second-order valence-corrected chi connectivity index (χ2v) is 14.7. The lowest BCUT2D eigenvalue weighted by Gasteiger charge is -2.14. The molecule has 0 saturated heterocycles. The Morgan fingerprint density at radius 3 is 2.56 bits per heavy atom. The van der Waals surface area contributed by atoms with Gasteiger partial charge in [-0.3, -0.25) is 4.79 Å². The Balaban J connectivity index is 1.44. The van der Waals surface area contributed by atoms with Crippen LogP contribution in [0.5, 0.6) is 5.75 Å². The SMILES string of the molecule is CC(C)c1cnc(CSc2cccc(C(=O)Nc3cc(CCCS(=O)(=O)c4ccc(Cl)cc4)ccc3OCC(=O)O)c2)s1. The van der Waals surface area contributed by atoms with Crippen LogP contribution in [0.4, 0.5) is 5.69 Å². The van der Waals surface area contributed by atoms with Crippen LogP contribution in [0.2, 0.25) is 5.02 Å². The van der Waals surface area contributed by atoms with E-state index in [1.54, 1.807) is 59.5 Å². The van der Waals surface area contributed by atoms with Crippen LogP contribution in [0.25, 0.3) is 0 Å². The quantitative estimate of drug-likeness (QED) is 0.135. The molecule has 1 heterocycles. The molecule has 4 aromatic rings. The van der Waals surface area contributed by atoms with E-state index >= 15 is 0 Å². The number of aromatic nitrogens is 1. The normalized spacial score (nSPS) is 11.4. The van der Waals surface area contributed by atoms with Crippen molar-refractivity contribution in [3.8, 4) is 5.75 Å². The lowest BCUT2D eigenvalue weighted by Crippen LogP contribution is -2.15. The maximum absolute atomic E-state index is 13.3. The molecule has 3 aromatic carbocycles. The van der Waals surface area contributed by atoms with E-state index in [2.05, 4.69) is 24.1 Å². The summed E-state index contributed by atoms with van der Waals surface area (Å²) in [6, 6.07) is 18.2. The van der Waals surface area contributed by atoms with Crippen LogP contribution >= 0.6 is 34.7 Å². The molecule has 0 radical (unpaired) electrons. The highest BCUT2D eigenvalue weighted by Crippen LogP contribution is 2.30. The summed E-state index contributed by atoms with van der Waals surface area (Å²) in [6.45, 7) is 3.68. The van der Waals surface area contributed by atoms with Crippen molar-refractivity contribution < 1.29 is 27.9 Å². The van der Waals surface area contributed by atoms with Crippen molar-refractivity contribution in [3.05, 3.63) is 99.0 Å². The molecule has 0 atom stereocenters. The fraction of sp³-hybridized carbons (Fsp3) is 0.258. The van der Waals surface area contributed by atoms with Gasteiger partial charge in [0, 0.05) is 26.6 Å². The Kier molecular flexibility index (Phi) is 11.3. The number of halogens is 1. The third kappa shape index (κ3) is 9.56. The number of aliphatic carboxylic acids is 1. The van der Waals surface area contributed by atoms with Crippen LogP contribution in [0, 0.1) is 0 Å². The third-order valence-corrected chi connectivity index (χ3v) is 10.8. The molecule has 12 heteroatoms. The molecular weight excluding hydrogens is 628 g/mol. The van der Waals surface area contributed by atoms with E-state index in [0.29, 0.717) is 40.8 Å². The number of benzene rings is 3. The highest BCUT2D eigenvalue weighted by molar-refractivity contribution is 7.98. The van der Waals surface area contributed by atoms with Crippen molar-refractivity contribution in [3.63, 3.8) is 0 Å². The Hall–Kier alpha value is -3.38. The van der Waals surface area contributed by atoms with E-state index < -0.39 is 22.4 Å². The number of anilines is 1. The standard InChI is InChI=1S/C31H31ClN2O6S3/c1-20(2)28-17-33-29(42-28)19-41-24-7-3-6-22(16-24)31(37)34-26-15-21(8-13-27(26)40-18-30(35)36)5-4-14-43(38,39)25-11-9-23(32)10-12-25/h3,6-13,15-17,20H,4-5,14,18-19H2,1-2H3,(H,34,37)(H,35,36). The summed E-state index contributed by atoms with van der Waals surface area (Å²) < 4.78 is 30.8. The van der Waals surface area contributed by atoms with Crippen LogP contribution in [-0.2, 0) is 26.8 Å². The highest BCUT2D eigenvalue weighted by atomic mass is 35.5. The summed E-state index contributed by atoms with van der Waals surface area (Å²) in [4.78, 5) is 31.2. The number of thioether (sulfide) groups is 1. The van der Waals surface area contributed by atoms with E-state index in [0.717, 1.165) is 15.5 Å². The number of nitrogens with zero attached hydrogens (tertiary/aromatic N) is 1. The molecule has 0 saturated carbocycles. The van der Waals surface area contributed by atoms with Gasteiger partial charge >= 0.3 is 5.97 Å². The number of aryl methyl sites for hydroxylation is 1. The molecule has 0 aliphatic carbocycles. The zero-order valence-electron chi connectivity index (χ0n) is 23.6. The maximum atomic E-state index is 13.3. The summed E-state index contributed by atoms with van der Waals surface area (Å²) >= 11 is 9.14. The van der Waals surface area contributed by atoms with Crippen molar-refractivity contribution in [1.29, 1.82) is 0 Å². The number of rotatable bonds is 14. The van der Waals surface area contributed by atoms with E-state index in [1.807, 2.05) is 12.3 Å². The zero-order valence-corrected chi connectivity index (χ0v) is 26.8. The van der Waals surface area contributed by atoms with Gasteiger partial charge < -0.3 is 15.2 Å². The number of hydrogen-bond acceptors (Lipinski definition) is 8. The second kappa shape index (κ2) is 14.9. The van der Waals surface area contributed by atoms with Gasteiger partial charge in [-0.15, -0.1) is 23.1 Å². The Labute approximate surface area is 264 Å². The first-order chi connectivity index (χ1) is 20.5. The number of carbonyl (C=O) groups is 2. The average Bonchev–Trinajstić information content (AvgIpc) is 3.45. The Bertz CT molecular complexity index is 1690. The van der Waals surface area contributed by atoms with Gasteiger partial charge in [0.1, 0.15) is 10.8 Å². The topological polar surface area (TPSA) is 123 Å². The van der Waals surface area contributed by atoms with Crippen molar-refractivity contribution in [2.24, 2.45) is 0 Å². The smallest absolute Gasteiger partial charge is 0.341 e. The molecule has 43 heavy (non-hydrogen) atoms. The minimum atomic E-state index is -3.49. The van der Waals surface area contributed by atoms with Crippen LogP contribution in [-0.4, -0.2) is 42.7 Å². The Morgan fingerprint density at radius 1 is 1.09 bits per heavy atom. The highest BCUT2D eigenvalue weighted by Gasteiger charge is 2.16. The van der Waals surface area contributed by atoms with Crippen LogP contribution in [0.1, 0.15) is 52.0 Å².